The van der Waals surface area contributed by atoms with E-state index in [1.807, 2.05) is 0 Å². The van der Waals surface area contributed by atoms with E-state index in [1.165, 1.54) is 134 Å². The minimum atomic E-state index is -1.06. The van der Waals surface area contributed by atoms with Crippen LogP contribution in [0.2, 0.25) is 19.1 Å². The van der Waals surface area contributed by atoms with Crippen molar-refractivity contribution >= 4 is 8.24 Å². The molecule has 0 amide bonds. The number of nitrogens with zero attached hydrogens (tertiary/aromatic N) is 1. The third-order valence-corrected chi connectivity index (χ3v) is 10.9. The zero-order valence-corrected chi connectivity index (χ0v) is 21.8. The summed E-state index contributed by atoms with van der Waals surface area (Å²) in [6.07, 6.45) is 29.4. The van der Waals surface area contributed by atoms with Crippen molar-refractivity contribution < 1.29 is 0 Å². The SMILES string of the molecule is CCCCCCCCCCCCCCCCCCCCCC[Si](C)(C)N(C)C. The zero-order chi connectivity index (χ0) is 20.9. The van der Waals surface area contributed by atoms with Crippen molar-refractivity contribution in [2.75, 3.05) is 14.1 Å². The Morgan fingerprint density at radius 1 is 0.429 bits per heavy atom. The number of hydrogen-bond donors (Lipinski definition) is 0. The lowest BCUT2D eigenvalue weighted by molar-refractivity contribution is 0.522. The molecule has 0 spiro atoms. The van der Waals surface area contributed by atoms with Gasteiger partial charge >= 0.3 is 0 Å². The molecule has 2 heteroatoms. The summed E-state index contributed by atoms with van der Waals surface area (Å²) in [7, 11) is 3.47. The Morgan fingerprint density at radius 2 is 0.679 bits per heavy atom. The predicted octanol–water partition coefficient (Wildman–Crippen LogP) is 9.57. The van der Waals surface area contributed by atoms with Crippen molar-refractivity contribution in [2.45, 2.75) is 154 Å². The second kappa shape index (κ2) is 20.4. The average Bonchev–Trinajstić information content (AvgIpc) is 2.66. The number of unbranched alkanes of at least 4 members (excludes halogenated alkanes) is 19. The molecule has 0 radical (unpaired) electrons. The topological polar surface area (TPSA) is 3.24 Å². The van der Waals surface area contributed by atoms with Gasteiger partial charge in [0.2, 0.25) is 0 Å². The molecule has 0 rings (SSSR count). The Morgan fingerprint density at radius 3 is 0.929 bits per heavy atom. The molecule has 28 heavy (non-hydrogen) atoms. The fourth-order valence-corrected chi connectivity index (χ4v) is 5.60. The molecular weight excluding hydrogens is 354 g/mol. The largest absolute Gasteiger partial charge is 0.329 e. The second-order valence-electron chi connectivity index (χ2n) is 10.2. The van der Waals surface area contributed by atoms with Gasteiger partial charge in [-0.15, -0.1) is 0 Å². The molecular formula is C26H57NSi. The van der Waals surface area contributed by atoms with Gasteiger partial charge in [-0.3, -0.25) is 0 Å². The average molecular weight is 412 g/mol. The Kier molecular flexibility index (Phi) is 20.6. The molecule has 0 saturated heterocycles. The highest BCUT2D eigenvalue weighted by atomic mass is 28.3. The first kappa shape index (κ1) is 28.2. The van der Waals surface area contributed by atoms with Crippen molar-refractivity contribution in [3.8, 4) is 0 Å². The van der Waals surface area contributed by atoms with Crippen molar-refractivity contribution in [1.82, 2.24) is 4.57 Å². The van der Waals surface area contributed by atoms with Gasteiger partial charge in [0.1, 0.15) is 8.24 Å². The second-order valence-corrected chi connectivity index (χ2v) is 15.2. The predicted molar refractivity (Wildman–Crippen MR) is 134 cm³/mol. The van der Waals surface area contributed by atoms with Crippen LogP contribution in [0.15, 0.2) is 0 Å². The summed E-state index contributed by atoms with van der Waals surface area (Å²) in [5.41, 5.74) is 0. The van der Waals surface area contributed by atoms with Crippen molar-refractivity contribution in [3.63, 3.8) is 0 Å². The van der Waals surface area contributed by atoms with Gasteiger partial charge in [0.25, 0.3) is 0 Å². The van der Waals surface area contributed by atoms with Crippen LogP contribution in [-0.4, -0.2) is 26.9 Å². The summed E-state index contributed by atoms with van der Waals surface area (Å²) in [5, 5.41) is 0. The highest BCUT2D eigenvalue weighted by Gasteiger charge is 2.22. The monoisotopic (exact) mass is 411 g/mol. The molecule has 0 aliphatic heterocycles. The fraction of sp³-hybridized carbons (Fsp3) is 1.00. The molecule has 0 aliphatic carbocycles. The standard InChI is InChI=1S/C26H57NSi/c1-6-7-8-9-10-11-12-13-14-15-16-17-18-19-20-21-22-23-24-25-26-28(4,5)27(2)3/h6-26H2,1-5H3. The molecule has 0 fully saturated rings. The maximum Gasteiger partial charge on any atom is 0.121 e. The van der Waals surface area contributed by atoms with Crippen molar-refractivity contribution in [1.29, 1.82) is 0 Å². The van der Waals surface area contributed by atoms with Crippen LogP contribution in [-0.2, 0) is 0 Å². The molecule has 0 atom stereocenters. The van der Waals surface area contributed by atoms with E-state index in [0.29, 0.717) is 0 Å². The summed E-state index contributed by atoms with van der Waals surface area (Å²) >= 11 is 0. The fourth-order valence-electron chi connectivity index (χ4n) is 4.04. The van der Waals surface area contributed by atoms with Gasteiger partial charge in [-0.1, -0.05) is 148 Å². The molecule has 0 bridgehead atoms. The van der Waals surface area contributed by atoms with E-state index in [9.17, 15) is 0 Å². The summed E-state index contributed by atoms with van der Waals surface area (Å²) < 4.78 is 2.50. The molecule has 0 aromatic rings. The molecule has 0 aromatic heterocycles. The summed E-state index contributed by atoms with van der Waals surface area (Å²) in [5.74, 6) is 0. The van der Waals surface area contributed by atoms with E-state index in [-0.39, 0.29) is 0 Å². The van der Waals surface area contributed by atoms with E-state index < -0.39 is 8.24 Å². The lowest BCUT2D eigenvalue weighted by Gasteiger charge is -2.30. The quantitative estimate of drug-likeness (QED) is 0.126. The van der Waals surface area contributed by atoms with Gasteiger partial charge in [-0.2, -0.15) is 0 Å². The van der Waals surface area contributed by atoms with Crippen molar-refractivity contribution in [3.05, 3.63) is 0 Å². The normalized spacial score (nSPS) is 12.2. The smallest absolute Gasteiger partial charge is 0.121 e. The Labute approximate surface area is 181 Å². The zero-order valence-electron chi connectivity index (χ0n) is 20.8. The Balaban J connectivity index is 3.11. The van der Waals surface area contributed by atoms with Gasteiger partial charge in [0, 0.05) is 0 Å². The summed E-state index contributed by atoms with van der Waals surface area (Å²) in [6.45, 7) is 7.31. The molecule has 0 N–H and O–H groups in total. The lowest BCUT2D eigenvalue weighted by atomic mass is 10.0. The van der Waals surface area contributed by atoms with E-state index in [4.69, 9.17) is 0 Å². The van der Waals surface area contributed by atoms with Gasteiger partial charge < -0.3 is 4.57 Å². The van der Waals surface area contributed by atoms with Gasteiger partial charge in [-0.05, 0) is 20.1 Å². The molecule has 0 saturated carbocycles. The molecule has 0 aromatic carbocycles. The van der Waals surface area contributed by atoms with E-state index in [0.717, 1.165) is 0 Å². The first-order valence-corrected chi connectivity index (χ1v) is 16.3. The molecule has 170 valence electrons. The van der Waals surface area contributed by atoms with Crippen LogP contribution in [0.25, 0.3) is 0 Å². The summed E-state index contributed by atoms with van der Waals surface area (Å²) in [4.78, 5) is 0. The van der Waals surface area contributed by atoms with E-state index in [1.54, 1.807) is 0 Å². The van der Waals surface area contributed by atoms with E-state index in [2.05, 4.69) is 38.7 Å². The van der Waals surface area contributed by atoms with Crippen LogP contribution in [0.3, 0.4) is 0 Å². The Hall–Kier alpha value is 0.177. The maximum atomic E-state index is 2.50. The molecule has 1 nitrogen and oxygen atoms in total. The van der Waals surface area contributed by atoms with Crippen LogP contribution < -0.4 is 0 Å². The first-order valence-electron chi connectivity index (χ1n) is 13.2. The molecule has 0 heterocycles. The minimum Gasteiger partial charge on any atom is -0.329 e. The molecule has 0 unspecified atom stereocenters. The lowest BCUT2D eigenvalue weighted by Crippen LogP contribution is -2.43. The van der Waals surface area contributed by atoms with Crippen LogP contribution in [0.4, 0.5) is 0 Å². The van der Waals surface area contributed by atoms with Gasteiger partial charge in [0.15, 0.2) is 0 Å². The van der Waals surface area contributed by atoms with Crippen LogP contribution in [0.5, 0.6) is 0 Å². The Bertz CT molecular complexity index is 301. The highest BCUT2D eigenvalue weighted by molar-refractivity contribution is 6.74. The first-order chi connectivity index (χ1) is 13.5. The minimum absolute atomic E-state index is 1.06. The van der Waals surface area contributed by atoms with Crippen LogP contribution >= 0.6 is 0 Å². The molecule has 0 aliphatic rings. The van der Waals surface area contributed by atoms with Gasteiger partial charge in [-0.25, -0.2) is 0 Å². The van der Waals surface area contributed by atoms with Gasteiger partial charge in [0.05, 0.1) is 0 Å². The van der Waals surface area contributed by atoms with Crippen LogP contribution in [0.1, 0.15) is 135 Å². The third-order valence-electron chi connectivity index (χ3n) is 6.85. The highest BCUT2D eigenvalue weighted by Crippen LogP contribution is 2.18. The van der Waals surface area contributed by atoms with Crippen LogP contribution in [0, 0.1) is 0 Å². The third kappa shape index (κ3) is 19.5. The van der Waals surface area contributed by atoms with Crippen molar-refractivity contribution in [2.24, 2.45) is 0 Å². The summed E-state index contributed by atoms with van der Waals surface area (Å²) in [6, 6.07) is 1.47. The number of rotatable bonds is 22. The van der Waals surface area contributed by atoms with E-state index >= 15 is 0 Å². The maximum absolute atomic E-state index is 2.50. The number of hydrogen-bond acceptors (Lipinski definition) is 1.